The Morgan fingerprint density at radius 2 is 2.10 bits per heavy atom. The summed E-state index contributed by atoms with van der Waals surface area (Å²) in [6, 6.07) is 5.63. The Hall–Kier alpha value is -2.51. The maximum atomic E-state index is 12.7. The summed E-state index contributed by atoms with van der Waals surface area (Å²) in [4.78, 5) is 11.5. The predicted molar refractivity (Wildman–Crippen MR) is 65.7 cm³/mol. The fourth-order valence-corrected chi connectivity index (χ4v) is 1.48. The Bertz CT molecular complexity index is 570. The number of tetrazole rings is 1. The van der Waals surface area contributed by atoms with Gasteiger partial charge in [-0.25, -0.2) is 13.9 Å². The number of carbonyl (C=O) groups excluding carboxylic acids is 1. The van der Waals surface area contributed by atoms with Gasteiger partial charge in [0.15, 0.2) is 0 Å². The van der Waals surface area contributed by atoms with Crippen molar-refractivity contribution < 1.29 is 18.7 Å². The number of carbonyl (C=O) groups is 1. The standard InChI is InChI=1S/C12H13FN4O3/c1-2-19-12(18)11-14-15-16-17(11)7-8-20-10-5-3-9(13)4-6-10/h3-6H,2,7-8H2,1H3. The van der Waals surface area contributed by atoms with E-state index in [1.807, 2.05) is 0 Å². The number of hydrogen-bond acceptors (Lipinski definition) is 6. The number of halogens is 1. The summed E-state index contributed by atoms with van der Waals surface area (Å²) < 4.78 is 24.2. The first-order valence-electron chi connectivity index (χ1n) is 6.02. The second-order valence-corrected chi connectivity index (χ2v) is 3.75. The van der Waals surface area contributed by atoms with E-state index in [-0.39, 0.29) is 31.4 Å². The van der Waals surface area contributed by atoms with Gasteiger partial charge in [0.1, 0.15) is 18.2 Å². The third-order valence-electron chi connectivity index (χ3n) is 2.38. The minimum atomic E-state index is -0.584. The monoisotopic (exact) mass is 280 g/mol. The molecule has 0 aliphatic rings. The van der Waals surface area contributed by atoms with Crippen LogP contribution in [0.4, 0.5) is 4.39 Å². The van der Waals surface area contributed by atoms with Crippen molar-refractivity contribution in [1.82, 2.24) is 20.2 Å². The molecule has 2 aromatic rings. The van der Waals surface area contributed by atoms with Gasteiger partial charge in [0.05, 0.1) is 13.2 Å². The molecule has 0 amide bonds. The van der Waals surface area contributed by atoms with Crippen LogP contribution in [0.3, 0.4) is 0 Å². The van der Waals surface area contributed by atoms with E-state index in [1.54, 1.807) is 6.92 Å². The average Bonchev–Trinajstić information content (AvgIpc) is 2.90. The maximum absolute atomic E-state index is 12.7. The van der Waals surface area contributed by atoms with Crippen molar-refractivity contribution in [3.8, 4) is 5.75 Å². The number of esters is 1. The van der Waals surface area contributed by atoms with Crippen LogP contribution in [-0.2, 0) is 11.3 Å². The predicted octanol–water partition coefficient (Wildman–Crippen LogP) is 1.07. The van der Waals surface area contributed by atoms with E-state index >= 15 is 0 Å². The fourth-order valence-electron chi connectivity index (χ4n) is 1.48. The van der Waals surface area contributed by atoms with Crippen LogP contribution in [0.15, 0.2) is 24.3 Å². The molecular weight excluding hydrogens is 267 g/mol. The van der Waals surface area contributed by atoms with Crippen molar-refractivity contribution in [3.05, 3.63) is 35.9 Å². The molecule has 1 aromatic heterocycles. The van der Waals surface area contributed by atoms with E-state index in [4.69, 9.17) is 9.47 Å². The van der Waals surface area contributed by atoms with E-state index in [9.17, 15) is 9.18 Å². The van der Waals surface area contributed by atoms with Gasteiger partial charge in [0.2, 0.25) is 0 Å². The SMILES string of the molecule is CCOC(=O)c1nnnn1CCOc1ccc(F)cc1. The summed E-state index contributed by atoms with van der Waals surface area (Å²) in [7, 11) is 0. The number of rotatable bonds is 6. The van der Waals surface area contributed by atoms with Crippen molar-refractivity contribution in [2.75, 3.05) is 13.2 Å². The number of benzene rings is 1. The largest absolute Gasteiger partial charge is 0.492 e. The van der Waals surface area contributed by atoms with Crippen molar-refractivity contribution in [2.24, 2.45) is 0 Å². The van der Waals surface area contributed by atoms with Crippen LogP contribution in [0.1, 0.15) is 17.5 Å². The van der Waals surface area contributed by atoms with E-state index in [0.29, 0.717) is 5.75 Å². The van der Waals surface area contributed by atoms with Gasteiger partial charge in [-0.1, -0.05) is 0 Å². The Balaban J connectivity index is 1.90. The number of ether oxygens (including phenoxy) is 2. The lowest BCUT2D eigenvalue weighted by Gasteiger charge is -2.07. The molecule has 0 saturated carbocycles. The third kappa shape index (κ3) is 3.50. The average molecular weight is 280 g/mol. The van der Waals surface area contributed by atoms with Gasteiger partial charge in [-0.15, -0.1) is 5.10 Å². The van der Waals surface area contributed by atoms with Gasteiger partial charge in [0.25, 0.3) is 5.82 Å². The lowest BCUT2D eigenvalue weighted by Crippen LogP contribution is -2.17. The zero-order valence-electron chi connectivity index (χ0n) is 10.8. The lowest BCUT2D eigenvalue weighted by atomic mass is 10.3. The highest BCUT2D eigenvalue weighted by Crippen LogP contribution is 2.10. The maximum Gasteiger partial charge on any atom is 0.378 e. The molecule has 0 aliphatic heterocycles. The van der Waals surface area contributed by atoms with Gasteiger partial charge in [-0.3, -0.25) is 0 Å². The summed E-state index contributed by atoms with van der Waals surface area (Å²) in [5, 5.41) is 10.7. The molecule has 0 saturated heterocycles. The topological polar surface area (TPSA) is 79.1 Å². The molecule has 7 nitrogen and oxygen atoms in total. The van der Waals surface area contributed by atoms with Crippen LogP contribution in [0, 0.1) is 5.82 Å². The highest BCUT2D eigenvalue weighted by molar-refractivity contribution is 5.85. The molecule has 0 N–H and O–H groups in total. The zero-order chi connectivity index (χ0) is 14.4. The van der Waals surface area contributed by atoms with Crippen molar-refractivity contribution in [3.63, 3.8) is 0 Å². The smallest absolute Gasteiger partial charge is 0.378 e. The first-order chi connectivity index (χ1) is 9.70. The molecule has 0 bridgehead atoms. The Morgan fingerprint density at radius 3 is 2.80 bits per heavy atom. The molecule has 0 radical (unpaired) electrons. The van der Waals surface area contributed by atoms with Crippen LogP contribution in [0.5, 0.6) is 5.75 Å². The molecule has 2 rings (SSSR count). The highest BCUT2D eigenvalue weighted by atomic mass is 19.1. The molecule has 1 aromatic carbocycles. The minimum absolute atomic E-state index is 0.0227. The summed E-state index contributed by atoms with van der Waals surface area (Å²) in [6.07, 6.45) is 0. The fraction of sp³-hybridized carbons (Fsp3) is 0.333. The first-order valence-corrected chi connectivity index (χ1v) is 6.02. The highest BCUT2D eigenvalue weighted by Gasteiger charge is 2.16. The van der Waals surface area contributed by atoms with E-state index in [1.165, 1.54) is 28.9 Å². The van der Waals surface area contributed by atoms with Crippen LogP contribution in [0.2, 0.25) is 0 Å². The Morgan fingerprint density at radius 1 is 1.35 bits per heavy atom. The molecular formula is C12H13FN4O3. The second kappa shape index (κ2) is 6.60. The van der Waals surface area contributed by atoms with Gasteiger partial charge in [-0.05, 0) is 41.6 Å². The molecule has 8 heteroatoms. The van der Waals surface area contributed by atoms with Gasteiger partial charge in [0, 0.05) is 0 Å². The van der Waals surface area contributed by atoms with E-state index in [0.717, 1.165) is 0 Å². The molecule has 0 fully saturated rings. The second-order valence-electron chi connectivity index (χ2n) is 3.75. The summed E-state index contributed by atoms with van der Waals surface area (Å²) in [5.74, 6) is -0.367. The molecule has 20 heavy (non-hydrogen) atoms. The van der Waals surface area contributed by atoms with Gasteiger partial charge >= 0.3 is 5.97 Å². The van der Waals surface area contributed by atoms with Crippen LogP contribution < -0.4 is 4.74 Å². The number of nitrogens with zero attached hydrogens (tertiary/aromatic N) is 4. The Kier molecular flexibility index (Phi) is 4.59. The van der Waals surface area contributed by atoms with Gasteiger partial charge < -0.3 is 9.47 Å². The number of hydrogen-bond donors (Lipinski definition) is 0. The summed E-state index contributed by atoms with van der Waals surface area (Å²) >= 11 is 0. The van der Waals surface area contributed by atoms with E-state index < -0.39 is 5.97 Å². The van der Waals surface area contributed by atoms with Crippen molar-refractivity contribution >= 4 is 5.97 Å². The zero-order valence-corrected chi connectivity index (χ0v) is 10.8. The lowest BCUT2D eigenvalue weighted by molar-refractivity contribution is 0.0503. The van der Waals surface area contributed by atoms with Crippen molar-refractivity contribution in [2.45, 2.75) is 13.5 Å². The molecule has 0 spiro atoms. The van der Waals surface area contributed by atoms with E-state index in [2.05, 4.69) is 15.5 Å². The molecule has 0 aliphatic carbocycles. The summed E-state index contributed by atoms with van der Waals surface area (Å²) in [6.45, 7) is 2.46. The van der Waals surface area contributed by atoms with Crippen LogP contribution in [0.25, 0.3) is 0 Å². The minimum Gasteiger partial charge on any atom is -0.492 e. The molecule has 0 unspecified atom stereocenters. The van der Waals surface area contributed by atoms with Crippen molar-refractivity contribution in [1.29, 1.82) is 0 Å². The molecule has 1 heterocycles. The third-order valence-corrected chi connectivity index (χ3v) is 2.38. The summed E-state index contributed by atoms with van der Waals surface area (Å²) in [5.41, 5.74) is 0. The quantitative estimate of drug-likeness (QED) is 0.736. The van der Waals surface area contributed by atoms with Gasteiger partial charge in [-0.2, -0.15) is 0 Å². The molecule has 0 atom stereocenters. The van der Waals surface area contributed by atoms with Crippen LogP contribution in [-0.4, -0.2) is 39.4 Å². The Labute approximate surface area is 114 Å². The van der Waals surface area contributed by atoms with Crippen LogP contribution >= 0.6 is 0 Å². The normalized spacial score (nSPS) is 10.3. The first kappa shape index (κ1) is 13.9. The number of aromatic nitrogens is 4. The molecule has 106 valence electrons.